The second-order valence-corrected chi connectivity index (χ2v) is 9.59. The van der Waals surface area contributed by atoms with Crippen LogP contribution in [-0.4, -0.2) is 66.9 Å². The normalized spacial score (nSPS) is 20.8. The zero-order chi connectivity index (χ0) is 26.0. The summed E-state index contributed by atoms with van der Waals surface area (Å²) >= 11 is 0. The van der Waals surface area contributed by atoms with E-state index in [4.69, 9.17) is 5.26 Å². The Morgan fingerprint density at radius 2 is 1.83 bits per heavy atom. The molecule has 2 aromatic rings. The molecule has 0 aliphatic carbocycles. The Hall–Kier alpha value is -3.61. The highest BCUT2D eigenvalue weighted by Gasteiger charge is 2.44. The molecule has 3 heterocycles. The van der Waals surface area contributed by atoms with Crippen molar-refractivity contribution in [3.8, 4) is 6.07 Å². The third kappa shape index (κ3) is 5.15. The van der Waals surface area contributed by atoms with Gasteiger partial charge in [-0.1, -0.05) is 6.07 Å². The predicted molar refractivity (Wildman–Crippen MR) is 127 cm³/mol. The molecule has 4 rings (SSSR count). The van der Waals surface area contributed by atoms with Crippen molar-refractivity contribution in [3.63, 3.8) is 0 Å². The third-order valence-corrected chi connectivity index (χ3v) is 7.23. The van der Waals surface area contributed by atoms with E-state index in [0.717, 1.165) is 6.07 Å². The highest BCUT2D eigenvalue weighted by atomic mass is 19.4. The van der Waals surface area contributed by atoms with E-state index in [2.05, 4.69) is 4.98 Å². The molecular weight excluding hydrogens is 471 g/mol. The van der Waals surface area contributed by atoms with E-state index in [1.54, 1.807) is 49.5 Å². The van der Waals surface area contributed by atoms with Crippen LogP contribution in [0.4, 0.5) is 18.9 Å². The third-order valence-electron chi connectivity index (χ3n) is 7.23. The van der Waals surface area contributed by atoms with Crippen LogP contribution in [0.5, 0.6) is 0 Å². The summed E-state index contributed by atoms with van der Waals surface area (Å²) < 4.78 is 40.6. The van der Waals surface area contributed by atoms with E-state index in [1.165, 1.54) is 17.0 Å². The summed E-state index contributed by atoms with van der Waals surface area (Å²) in [4.78, 5) is 35.1. The number of hydrogen-bond donors (Lipinski definition) is 0. The molecule has 190 valence electrons. The fourth-order valence-electron chi connectivity index (χ4n) is 5.35. The molecule has 2 aliphatic heterocycles. The Morgan fingerprint density at radius 1 is 1.11 bits per heavy atom. The first-order valence-corrected chi connectivity index (χ1v) is 11.9. The minimum absolute atomic E-state index is 0.0563. The van der Waals surface area contributed by atoms with Crippen molar-refractivity contribution in [1.82, 2.24) is 14.8 Å². The number of hydrogen-bond acceptors (Lipinski definition) is 5. The number of nitriles is 1. The number of nitrogens with zero attached hydrogens (tertiary/aromatic N) is 5. The quantitative estimate of drug-likeness (QED) is 0.642. The smallest absolute Gasteiger partial charge is 0.370 e. The molecule has 2 amide bonds. The SMILES string of the molecule is CN(C)C(=O)[C@@H]1CN(c2ccc(C#N)c(C(F)(F)F)c2)C[C@H]1C1CCN(C(=O)c2ccccn2)CC1. The molecule has 2 saturated heterocycles. The lowest BCUT2D eigenvalue weighted by molar-refractivity contribution is -0.137. The molecule has 0 N–H and O–H groups in total. The van der Waals surface area contributed by atoms with E-state index in [0.29, 0.717) is 50.4 Å². The van der Waals surface area contributed by atoms with Gasteiger partial charge in [0, 0.05) is 52.2 Å². The van der Waals surface area contributed by atoms with Gasteiger partial charge in [0.1, 0.15) is 5.69 Å². The van der Waals surface area contributed by atoms with Crippen molar-refractivity contribution in [3.05, 3.63) is 59.4 Å². The molecular formula is C26H28F3N5O2. The van der Waals surface area contributed by atoms with Crippen molar-refractivity contribution < 1.29 is 22.8 Å². The molecule has 0 bridgehead atoms. The van der Waals surface area contributed by atoms with E-state index in [9.17, 15) is 22.8 Å². The highest BCUT2D eigenvalue weighted by Crippen LogP contribution is 2.40. The summed E-state index contributed by atoms with van der Waals surface area (Å²) in [5, 5.41) is 9.11. The number of halogens is 3. The Morgan fingerprint density at radius 3 is 2.42 bits per heavy atom. The van der Waals surface area contributed by atoms with Gasteiger partial charge in [-0.3, -0.25) is 14.6 Å². The van der Waals surface area contributed by atoms with Gasteiger partial charge < -0.3 is 14.7 Å². The van der Waals surface area contributed by atoms with Crippen LogP contribution in [0.2, 0.25) is 0 Å². The maximum Gasteiger partial charge on any atom is 0.417 e. The minimum Gasteiger partial charge on any atom is -0.370 e. The van der Waals surface area contributed by atoms with Crippen LogP contribution < -0.4 is 4.90 Å². The van der Waals surface area contributed by atoms with Crippen LogP contribution >= 0.6 is 0 Å². The van der Waals surface area contributed by atoms with E-state index < -0.39 is 17.3 Å². The molecule has 2 fully saturated rings. The van der Waals surface area contributed by atoms with Crippen molar-refractivity contribution in [2.75, 3.05) is 45.2 Å². The van der Waals surface area contributed by atoms with E-state index >= 15 is 0 Å². The lowest BCUT2D eigenvalue weighted by Gasteiger charge is -2.36. The predicted octanol–water partition coefficient (Wildman–Crippen LogP) is 3.67. The van der Waals surface area contributed by atoms with Crippen LogP contribution in [-0.2, 0) is 11.0 Å². The van der Waals surface area contributed by atoms with Crippen LogP contribution in [0.15, 0.2) is 42.6 Å². The molecule has 0 saturated carbocycles. The Kier molecular flexibility index (Phi) is 7.20. The molecule has 0 radical (unpaired) electrons. The van der Waals surface area contributed by atoms with E-state index in [1.807, 2.05) is 4.90 Å². The number of aromatic nitrogens is 1. The average molecular weight is 500 g/mol. The lowest BCUT2D eigenvalue weighted by atomic mass is 9.78. The monoisotopic (exact) mass is 499 g/mol. The van der Waals surface area contributed by atoms with Gasteiger partial charge >= 0.3 is 6.18 Å². The molecule has 10 heteroatoms. The van der Waals surface area contributed by atoms with Crippen LogP contribution in [0.1, 0.15) is 34.5 Å². The van der Waals surface area contributed by atoms with Gasteiger partial charge in [-0.15, -0.1) is 0 Å². The average Bonchev–Trinajstić information content (AvgIpc) is 3.33. The van der Waals surface area contributed by atoms with Gasteiger partial charge in [0.05, 0.1) is 23.1 Å². The summed E-state index contributed by atoms with van der Waals surface area (Å²) in [6, 6.07) is 10.5. The van der Waals surface area contributed by atoms with Crippen molar-refractivity contribution in [2.45, 2.75) is 19.0 Å². The Balaban J connectivity index is 1.52. The summed E-state index contributed by atoms with van der Waals surface area (Å²) in [5.74, 6) is -0.457. The number of amides is 2. The molecule has 2 aliphatic rings. The zero-order valence-electron chi connectivity index (χ0n) is 20.2. The van der Waals surface area contributed by atoms with E-state index in [-0.39, 0.29) is 29.6 Å². The number of pyridine rings is 1. The first-order valence-electron chi connectivity index (χ1n) is 11.9. The number of carbonyl (C=O) groups is 2. The molecule has 2 atom stereocenters. The van der Waals surface area contributed by atoms with Gasteiger partial charge in [0.2, 0.25) is 5.91 Å². The van der Waals surface area contributed by atoms with Crippen LogP contribution in [0.3, 0.4) is 0 Å². The van der Waals surface area contributed by atoms with Gasteiger partial charge in [0.15, 0.2) is 0 Å². The lowest BCUT2D eigenvalue weighted by Crippen LogP contribution is -2.43. The number of alkyl halides is 3. The van der Waals surface area contributed by atoms with Crippen LogP contribution in [0.25, 0.3) is 0 Å². The van der Waals surface area contributed by atoms with Gasteiger partial charge in [-0.25, -0.2) is 0 Å². The fourth-order valence-corrected chi connectivity index (χ4v) is 5.35. The summed E-state index contributed by atoms with van der Waals surface area (Å²) in [6.45, 7) is 1.81. The Labute approximate surface area is 208 Å². The van der Waals surface area contributed by atoms with Crippen molar-refractivity contribution >= 4 is 17.5 Å². The first-order chi connectivity index (χ1) is 17.1. The largest absolute Gasteiger partial charge is 0.417 e. The van der Waals surface area contributed by atoms with Crippen LogP contribution in [0, 0.1) is 29.1 Å². The van der Waals surface area contributed by atoms with Gasteiger partial charge in [-0.05, 0) is 55.0 Å². The highest BCUT2D eigenvalue weighted by molar-refractivity contribution is 5.92. The number of piperidine rings is 1. The molecule has 1 aromatic heterocycles. The zero-order valence-corrected chi connectivity index (χ0v) is 20.2. The molecule has 36 heavy (non-hydrogen) atoms. The van der Waals surface area contributed by atoms with Gasteiger partial charge in [0.25, 0.3) is 5.91 Å². The number of anilines is 1. The standard InChI is InChI=1S/C26H28F3N5O2/c1-32(2)24(35)21-16-34(19-7-6-18(14-30)22(13-19)26(27,28)29)15-20(21)17-8-11-33(12-9-17)25(36)23-5-3-4-10-31-23/h3-7,10,13,17,20-21H,8-9,11-12,15-16H2,1-2H3/t20-,21+/m0/s1. The number of rotatable bonds is 4. The maximum absolute atomic E-state index is 13.5. The number of benzene rings is 1. The summed E-state index contributed by atoms with van der Waals surface area (Å²) in [5.41, 5.74) is -0.649. The first kappa shape index (κ1) is 25.5. The molecule has 0 spiro atoms. The topological polar surface area (TPSA) is 80.5 Å². The minimum atomic E-state index is -4.65. The van der Waals surface area contributed by atoms with Crippen molar-refractivity contribution in [1.29, 1.82) is 5.26 Å². The molecule has 0 unspecified atom stereocenters. The van der Waals surface area contributed by atoms with Crippen molar-refractivity contribution in [2.24, 2.45) is 17.8 Å². The molecule has 1 aromatic carbocycles. The fraction of sp³-hybridized carbons (Fsp3) is 0.462. The van der Waals surface area contributed by atoms with Gasteiger partial charge in [-0.2, -0.15) is 18.4 Å². The number of likely N-dealkylation sites (tertiary alicyclic amines) is 1. The molecule has 7 nitrogen and oxygen atoms in total. The Bertz CT molecular complexity index is 1150. The number of carbonyl (C=O) groups excluding carboxylic acids is 2. The second kappa shape index (κ2) is 10.2. The second-order valence-electron chi connectivity index (χ2n) is 9.59. The summed E-state index contributed by atoms with van der Waals surface area (Å²) in [6.07, 6.45) is -1.66. The summed E-state index contributed by atoms with van der Waals surface area (Å²) in [7, 11) is 3.36. The maximum atomic E-state index is 13.5.